The molecule has 1 aromatic heterocycles. The maximum absolute atomic E-state index is 12.0. The Labute approximate surface area is 87.4 Å². The normalized spacial score (nSPS) is 10.9. The number of nitrogens with one attached hydrogen (secondary N) is 1. The number of aromatic nitrogens is 1. The van der Waals surface area contributed by atoms with Crippen LogP contribution in [0.3, 0.4) is 0 Å². The van der Waals surface area contributed by atoms with Crippen molar-refractivity contribution in [3.63, 3.8) is 0 Å². The third-order valence-electron chi connectivity index (χ3n) is 2.63. The van der Waals surface area contributed by atoms with Crippen molar-refractivity contribution in [3.05, 3.63) is 45.2 Å². The summed E-state index contributed by atoms with van der Waals surface area (Å²) in [5.74, 6) is 0. The van der Waals surface area contributed by atoms with E-state index in [1.165, 1.54) is 0 Å². The number of aliphatic hydroxyl groups is 1. The molecule has 2 aromatic rings. The lowest BCUT2D eigenvalue weighted by atomic mass is 10.1. The highest BCUT2D eigenvalue weighted by Crippen LogP contribution is 2.12. The Balaban J connectivity index is 2.92. The molecule has 0 aliphatic heterocycles. The number of pyridine rings is 1. The zero-order valence-corrected chi connectivity index (χ0v) is 8.79. The van der Waals surface area contributed by atoms with Crippen LogP contribution in [0, 0.1) is 13.8 Å². The van der Waals surface area contributed by atoms with Crippen LogP contribution in [0.2, 0.25) is 0 Å². The van der Waals surface area contributed by atoms with Gasteiger partial charge in [0.15, 0.2) is 5.43 Å². The van der Waals surface area contributed by atoms with Gasteiger partial charge in [0, 0.05) is 22.2 Å². The van der Waals surface area contributed by atoms with Gasteiger partial charge in [0.05, 0.1) is 6.61 Å². The summed E-state index contributed by atoms with van der Waals surface area (Å²) in [5.41, 5.74) is 2.97. The fourth-order valence-corrected chi connectivity index (χ4v) is 1.76. The van der Waals surface area contributed by atoms with E-state index in [1.807, 2.05) is 25.1 Å². The quantitative estimate of drug-likeness (QED) is 0.740. The lowest BCUT2D eigenvalue weighted by Gasteiger charge is -2.05. The molecule has 0 radical (unpaired) electrons. The number of aromatic amines is 1. The Kier molecular flexibility index (Phi) is 2.32. The minimum atomic E-state index is -0.217. The molecule has 2 rings (SSSR count). The van der Waals surface area contributed by atoms with E-state index >= 15 is 0 Å². The van der Waals surface area contributed by atoms with Crippen LogP contribution < -0.4 is 5.43 Å². The smallest absolute Gasteiger partial charge is 0.195 e. The van der Waals surface area contributed by atoms with Crippen molar-refractivity contribution in [1.82, 2.24) is 4.98 Å². The minimum Gasteiger partial charge on any atom is -0.391 e. The number of hydrogen-bond acceptors (Lipinski definition) is 2. The summed E-state index contributed by atoms with van der Waals surface area (Å²) in [6.45, 7) is 3.52. The first-order valence-electron chi connectivity index (χ1n) is 4.86. The van der Waals surface area contributed by atoms with Gasteiger partial charge in [-0.25, -0.2) is 0 Å². The lowest BCUT2D eigenvalue weighted by molar-refractivity contribution is 0.279. The first kappa shape index (κ1) is 9.93. The molecule has 3 nitrogen and oxygen atoms in total. The van der Waals surface area contributed by atoms with Crippen LogP contribution in [0.25, 0.3) is 10.9 Å². The summed E-state index contributed by atoms with van der Waals surface area (Å²) in [7, 11) is 0. The molecule has 0 fully saturated rings. The molecular formula is C12H13NO2. The second-order valence-corrected chi connectivity index (χ2v) is 3.76. The Morgan fingerprint density at radius 1 is 1.33 bits per heavy atom. The Bertz CT molecular complexity index is 570. The number of aryl methyl sites for hydroxylation is 2. The van der Waals surface area contributed by atoms with Crippen molar-refractivity contribution < 1.29 is 5.11 Å². The summed E-state index contributed by atoms with van der Waals surface area (Å²) in [4.78, 5) is 15.1. The lowest BCUT2D eigenvalue weighted by Crippen LogP contribution is -2.13. The molecule has 0 saturated carbocycles. The average molecular weight is 203 g/mol. The third-order valence-corrected chi connectivity index (χ3v) is 2.63. The highest BCUT2D eigenvalue weighted by atomic mass is 16.3. The standard InChI is InChI=1S/C12H13NO2/c1-7-3-4-11-9(5-7)12(15)10(6-14)8(2)13-11/h3-5,14H,6H2,1-2H3,(H,13,15). The Morgan fingerprint density at radius 2 is 2.07 bits per heavy atom. The Morgan fingerprint density at radius 3 is 2.73 bits per heavy atom. The largest absolute Gasteiger partial charge is 0.391 e. The van der Waals surface area contributed by atoms with E-state index < -0.39 is 0 Å². The zero-order valence-electron chi connectivity index (χ0n) is 8.79. The van der Waals surface area contributed by atoms with Gasteiger partial charge in [-0.1, -0.05) is 11.6 Å². The van der Waals surface area contributed by atoms with E-state index in [0.717, 1.165) is 16.8 Å². The molecule has 1 aromatic carbocycles. The minimum absolute atomic E-state index is 0.0764. The first-order chi connectivity index (χ1) is 7.13. The summed E-state index contributed by atoms with van der Waals surface area (Å²) >= 11 is 0. The number of H-pyrrole nitrogens is 1. The molecule has 2 N–H and O–H groups in total. The van der Waals surface area contributed by atoms with Gasteiger partial charge < -0.3 is 10.1 Å². The highest BCUT2D eigenvalue weighted by molar-refractivity contribution is 5.80. The van der Waals surface area contributed by atoms with E-state index in [0.29, 0.717) is 10.9 Å². The topological polar surface area (TPSA) is 53.1 Å². The van der Waals surface area contributed by atoms with Crippen molar-refractivity contribution in [2.24, 2.45) is 0 Å². The molecule has 0 unspecified atom stereocenters. The van der Waals surface area contributed by atoms with Crippen LogP contribution in [0.5, 0.6) is 0 Å². The van der Waals surface area contributed by atoms with Crippen LogP contribution >= 0.6 is 0 Å². The summed E-state index contributed by atoms with van der Waals surface area (Å²) in [6.07, 6.45) is 0. The van der Waals surface area contributed by atoms with Gasteiger partial charge in [-0.2, -0.15) is 0 Å². The number of benzene rings is 1. The molecule has 1 heterocycles. The highest BCUT2D eigenvalue weighted by Gasteiger charge is 2.07. The van der Waals surface area contributed by atoms with Crippen molar-refractivity contribution in [1.29, 1.82) is 0 Å². The molecular weight excluding hydrogens is 190 g/mol. The maximum Gasteiger partial charge on any atom is 0.195 e. The van der Waals surface area contributed by atoms with Gasteiger partial charge in [0.2, 0.25) is 0 Å². The van der Waals surface area contributed by atoms with Crippen LogP contribution in [0.1, 0.15) is 16.8 Å². The third kappa shape index (κ3) is 1.55. The van der Waals surface area contributed by atoms with Crippen molar-refractivity contribution >= 4 is 10.9 Å². The number of aliphatic hydroxyl groups excluding tert-OH is 1. The molecule has 0 aliphatic rings. The number of rotatable bonds is 1. The summed E-state index contributed by atoms with van der Waals surface area (Å²) in [6, 6.07) is 5.68. The molecule has 0 saturated heterocycles. The van der Waals surface area contributed by atoms with Crippen molar-refractivity contribution in [3.8, 4) is 0 Å². The summed E-state index contributed by atoms with van der Waals surface area (Å²) in [5, 5.41) is 9.75. The van der Waals surface area contributed by atoms with Gasteiger partial charge in [0.25, 0.3) is 0 Å². The van der Waals surface area contributed by atoms with Crippen LogP contribution in [0.4, 0.5) is 0 Å². The fourth-order valence-electron chi connectivity index (χ4n) is 1.76. The summed E-state index contributed by atoms with van der Waals surface area (Å²) < 4.78 is 0. The molecule has 3 heteroatoms. The Hall–Kier alpha value is -1.61. The van der Waals surface area contributed by atoms with E-state index in [2.05, 4.69) is 4.98 Å². The van der Waals surface area contributed by atoms with Gasteiger partial charge >= 0.3 is 0 Å². The molecule has 0 atom stereocenters. The van der Waals surface area contributed by atoms with Crippen molar-refractivity contribution in [2.45, 2.75) is 20.5 Å². The molecule has 78 valence electrons. The van der Waals surface area contributed by atoms with E-state index in [9.17, 15) is 4.79 Å². The predicted octanol–water partition coefficient (Wildman–Crippen LogP) is 1.64. The van der Waals surface area contributed by atoms with Gasteiger partial charge in [0.1, 0.15) is 0 Å². The van der Waals surface area contributed by atoms with Crippen molar-refractivity contribution in [2.75, 3.05) is 0 Å². The maximum atomic E-state index is 12.0. The van der Waals surface area contributed by atoms with Crippen LogP contribution in [0.15, 0.2) is 23.0 Å². The second-order valence-electron chi connectivity index (χ2n) is 3.76. The molecule has 0 aliphatic carbocycles. The average Bonchev–Trinajstić information content (AvgIpc) is 2.20. The second kappa shape index (κ2) is 3.51. The van der Waals surface area contributed by atoms with Crippen LogP contribution in [-0.4, -0.2) is 10.1 Å². The van der Waals surface area contributed by atoms with Gasteiger partial charge in [-0.05, 0) is 26.0 Å². The fraction of sp³-hybridized carbons (Fsp3) is 0.250. The van der Waals surface area contributed by atoms with E-state index in [1.54, 1.807) is 6.92 Å². The molecule has 0 amide bonds. The molecule has 15 heavy (non-hydrogen) atoms. The van der Waals surface area contributed by atoms with E-state index in [4.69, 9.17) is 5.11 Å². The number of fused-ring (bicyclic) bond motifs is 1. The predicted molar refractivity (Wildman–Crippen MR) is 60.0 cm³/mol. The number of hydrogen-bond donors (Lipinski definition) is 2. The monoisotopic (exact) mass is 203 g/mol. The van der Waals surface area contributed by atoms with Gasteiger partial charge in [-0.3, -0.25) is 4.79 Å². The molecule has 0 spiro atoms. The van der Waals surface area contributed by atoms with Gasteiger partial charge in [-0.15, -0.1) is 0 Å². The van der Waals surface area contributed by atoms with Crippen LogP contribution in [-0.2, 0) is 6.61 Å². The zero-order chi connectivity index (χ0) is 11.0. The first-order valence-corrected chi connectivity index (χ1v) is 4.86. The van der Waals surface area contributed by atoms with E-state index in [-0.39, 0.29) is 12.0 Å². The SMILES string of the molecule is Cc1ccc2[nH]c(C)c(CO)c(=O)c2c1. The molecule has 0 bridgehead atoms.